The smallest absolute Gasteiger partial charge is 0.264 e. The Balaban J connectivity index is 1.64. The third-order valence-corrected chi connectivity index (χ3v) is 8.05. The van der Waals surface area contributed by atoms with E-state index in [1.807, 2.05) is 6.92 Å². The van der Waals surface area contributed by atoms with Crippen LogP contribution in [0.25, 0.3) is 0 Å². The lowest BCUT2D eigenvalue weighted by molar-refractivity contribution is -0.114. The molecule has 0 unspecified atom stereocenters. The maximum atomic E-state index is 13.8. The van der Waals surface area contributed by atoms with Gasteiger partial charge in [0.2, 0.25) is 5.91 Å². The fourth-order valence-corrected chi connectivity index (χ4v) is 5.60. The Kier molecular flexibility index (Phi) is 8.72. The number of amides is 2. The van der Waals surface area contributed by atoms with Crippen molar-refractivity contribution in [1.29, 1.82) is 0 Å². The van der Waals surface area contributed by atoms with Gasteiger partial charge in [-0.05, 0) is 43.3 Å². The minimum Gasteiger partial charge on any atom is -0.493 e. The summed E-state index contributed by atoms with van der Waals surface area (Å²) in [5.74, 6) is -0.232. The summed E-state index contributed by atoms with van der Waals surface area (Å²) in [7, 11) is -1.34. The van der Waals surface area contributed by atoms with Gasteiger partial charge in [0.05, 0.1) is 49.3 Å². The van der Waals surface area contributed by atoms with Gasteiger partial charge in [0.1, 0.15) is 6.54 Å². The molecule has 1 heterocycles. The Morgan fingerprint density at radius 2 is 1.62 bits per heavy atom. The Morgan fingerprint density at radius 1 is 0.949 bits per heavy atom. The van der Waals surface area contributed by atoms with Crippen LogP contribution < -0.4 is 19.1 Å². The molecule has 11 heteroatoms. The van der Waals surface area contributed by atoms with Gasteiger partial charge in [-0.15, -0.1) is 0 Å². The van der Waals surface area contributed by atoms with Crippen molar-refractivity contribution in [2.24, 2.45) is 0 Å². The molecular weight excluding hydrogens is 522 g/mol. The minimum atomic E-state index is -4.21. The zero-order chi connectivity index (χ0) is 28.0. The summed E-state index contributed by atoms with van der Waals surface area (Å²) in [6, 6.07) is 17.7. The van der Waals surface area contributed by atoms with E-state index in [1.165, 1.54) is 32.4 Å². The summed E-state index contributed by atoms with van der Waals surface area (Å²) >= 11 is 0. The van der Waals surface area contributed by atoms with E-state index in [1.54, 1.807) is 53.4 Å². The molecule has 0 spiro atoms. The molecule has 1 fully saturated rings. The van der Waals surface area contributed by atoms with Crippen LogP contribution >= 0.6 is 0 Å². The number of benzene rings is 3. The van der Waals surface area contributed by atoms with E-state index < -0.39 is 22.5 Å². The van der Waals surface area contributed by atoms with Crippen LogP contribution in [-0.4, -0.2) is 72.2 Å². The molecule has 0 aromatic heterocycles. The first-order valence-electron chi connectivity index (χ1n) is 12.3. The average molecular weight is 554 g/mol. The predicted octanol–water partition coefficient (Wildman–Crippen LogP) is 3.32. The molecule has 1 N–H and O–H groups in total. The summed E-state index contributed by atoms with van der Waals surface area (Å²) in [6.07, 6.45) is 0. The van der Waals surface area contributed by atoms with Crippen molar-refractivity contribution in [3.05, 3.63) is 77.9 Å². The highest BCUT2D eigenvalue weighted by molar-refractivity contribution is 7.92. The van der Waals surface area contributed by atoms with Gasteiger partial charge in [-0.3, -0.25) is 13.9 Å². The van der Waals surface area contributed by atoms with E-state index in [-0.39, 0.29) is 16.6 Å². The van der Waals surface area contributed by atoms with Crippen molar-refractivity contribution in [1.82, 2.24) is 4.90 Å². The van der Waals surface area contributed by atoms with E-state index in [0.29, 0.717) is 49.0 Å². The first-order chi connectivity index (χ1) is 18.7. The van der Waals surface area contributed by atoms with Gasteiger partial charge < -0.3 is 24.4 Å². The molecule has 39 heavy (non-hydrogen) atoms. The number of nitrogens with one attached hydrogen (secondary N) is 1. The predicted molar refractivity (Wildman–Crippen MR) is 147 cm³/mol. The molecule has 0 bridgehead atoms. The number of carbonyl (C=O) groups excluding carboxylic acids is 2. The number of nitrogens with zero attached hydrogens (tertiary/aromatic N) is 2. The average Bonchev–Trinajstić information content (AvgIpc) is 2.96. The number of hydrogen-bond acceptors (Lipinski definition) is 7. The molecule has 3 aromatic carbocycles. The lowest BCUT2D eigenvalue weighted by Gasteiger charge is -2.28. The highest BCUT2D eigenvalue weighted by Crippen LogP contribution is 2.32. The number of rotatable bonds is 9. The molecule has 2 amide bonds. The van der Waals surface area contributed by atoms with Crippen LogP contribution in [0, 0.1) is 6.92 Å². The second-order valence-electron chi connectivity index (χ2n) is 8.86. The van der Waals surface area contributed by atoms with E-state index in [0.717, 1.165) is 9.87 Å². The first kappa shape index (κ1) is 27.9. The summed E-state index contributed by atoms with van der Waals surface area (Å²) in [6.45, 7) is 3.14. The lowest BCUT2D eigenvalue weighted by Crippen LogP contribution is -2.41. The summed E-state index contributed by atoms with van der Waals surface area (Å²) < 4.78 is 44.5. The van der Waals surface area contributed by atoms with Gasteiger partial charge in [0.15, 0.2) is 11.5 Å². The normalized spacial score (nSPS) is 13.5. The molecule has 0 aliphatic carbocycles. The number of aryl methyl sites for hydroxylation is 1. The molecule has 0 saturated carbocycles. The largest absolute Gasteiger partial charge is 0.493 e. The van der Waals surface area contributed by atoms with E-state index in [9.17, 15) is 18.0 Å². The quantitative estimate of drug-likeness (QED) is 0.432. The maximum absolute atomic E-state index is 13.8. The van der Waals surface area contributed by atoms with Crippen LogP contribution in [0.1, 0.15) is 15.9 Å². The number of ether oxygens (including phenoxy) is 3. The molecule has 206 valence electrons. The highest BCUT2D eigenvalue weighted by Gasteiger charge is 2.29. The van der Waals surface area contributed by atoms with Crippen LogP contribution in [0.3, 0.4) is 0 Å². The monoisotopic (exact) mass is 553 g/mol. The van der Waals surface area contributed by atoms with E-state index >= 15 is 0 Å². The molecule has 0 radical (unpaired) electrons. The zero-order valence-electron chi connectivity index (χ0n) is 22.0. The molecule has 1 aliphatic heterocycles. The van der Waals surface area contributed by atoms with Crippen LogP contribution in [0.5, 0.6) is 11.5 Å². The number of anilines is 2. The third-order valence-electron chi connectivity index (χ3n) is 6.28. The molecule has 1 saturated heterocycles. The van der Waals surface area contributed by atoms with Crippen molar-refractivity contribution in [3.8, 4) is 11.5 Å². The maximum Gasteiger partial charge on any atom is 0.264 e. The van der Waals surface area contributed by atoms with Gasteiger partial charge in [0.25, 0.3) is 15.9 Å². The van der Waals surface area contributed by atoms with E-state index in [2.05, 4.69) is 5.32 Å². The van der Waals surface area contributed by atoms with Crippen LogP contribution in [0.4, 0.5) is 11.4 Å². The lowest BCUT2D eigenvalue weighted by atomic mass is 10.1. The van der Waals surface area contributed by atoms with Crippen molar-refractivity contribution < 1.29 is 32.2 Å². The first-order valence-corrected chi connectivity index (χ1v) is 13.8. The highest BCUT2D eigenvalue weighted by atomic mass is 32.2. The number of methoxy groups -OCH3 is 2. The molecule has 3 aromatic rings. The van der Waals surface area contributed by atoms with Crippen molar-refractivity contribution in [2.45, 2.75) is 11.8 Å². The van der Waals surface area contributed by atoms with Gasteiger partial charge >= 0.3 is 0 Å². The Morgan fingerprint density at radius 3 is 2.28 bits per heavy atom. The summed E-state index contributed by atoms with van der Waals surface area (Å²) in [4.78, 5) is 28.0. The molecule has 1 aliphatic rings. The fourth-order valence-electron chi connectivity index (χ4n) is 4.17. The second kappa shape index (κ2) is 12.2. The topological polar surface area (TPSA) is 114 Å². The molecule has 10 nitrogen and oxygen atoms in total. The number of carbonyl (C=O) groups is 2. The fraction of sp³-hybridized carbons (Fsp3) is 0.286. The van der Waals surface area contributed by atoms with Crippen LogP contribution in [-0.2, 0) is 19.6 Å². The van der Waals surface area contributed by atoms with Gasteiger partial charge in [-0.1, -0.05) is 29.8 Å². The Bertz CT molecular complexity index is 1440. The minimum absolute atomic E-state index is 0.0728. The number of para-hydroxylation sites is 1. The van der Waals surface area contributed by atoms with Crippen molar-refractivity contribution in [2.75, 3.05) is 56.7 Å². The molecular formula is C28H31N3O7S. The van der Waals surface area contributed by atoms with Crippen LogP contribution in [0.2, 0.25) is 0 Å². The van der Waals surface area contributed by atoms with Gasteiger partial charge in [0, 0.05) is 19.2 Å². The summed E-state index contributed by atoms with van der Waals surface area (Å²) in [5, 5.41) is 2.74. The standard InChI is InChI=1S/C28H31N3O7S/c1-20-8-10-21(11-9-20)31(39(34,35)22-12-13-25(36-2)26(18-22)37-3)19-27(32)29-24-7-5-4-6-23(24)28(33)30-14-16-38-17-15-30/h4-13,18H,14-17,19H2,1-3H3,(H,29,32). The Labute approximate surface area is 228 Å². The third kappa shape index (κ3) is 6.32. The number of hydrogen-bond donors (Lipinski definition) is 1. The van der Waals surface area contributed by atoms with Crippen molar-refractivity contribution in [3.63, 3.8) is 0 Å². The van der Waals surface area contributed by atoms with Crippen LogP contribution in [0.15, 0.2) is 71.6 Å². The van der Waals surface area contributed by atoms with Crippen molar-refractivity contribution >= 4 is 33.2 Å². The number of morpholine rings is 1. The molecule has 4 rings (SSSR count). The summed E-state index contributed by atoms with van der Waals surface area (Å²) in [5.41, 5.74) is 1.86. The number of sulfonamides is 1. The van der Waals surface area contributed by atoms with Gasteiger partial charge in [-0.25, -0.2) is 8.42 Å². The Hall–Kier alpha value is -4.09. The second-order valence-corrected chi connectivity index (χ2v) is 10.7. The SMILES string of the molecule is COc1ccc(S(=O)(=O)N(CC(=O)Nc2ccccc2C(=O)N2CCOCC2)c2ccc(C)cc2)cc1OC. The van der Waals surface area contributed by atoms with Gasteiger partial charge in [-0.2, -0.15) is 0 Å². The van der Waals surface area contributed by atoms with E-state index in [4.69, 9.17) is 14.2 Å². The molecule has 0 atom stereocenters. The zero-order valence-corrected chi connectivity index (χ0v) is 22.9.